The minimum absolute atomic E-state index is 0.0749. The zero-order chi connectivity index (χ0) is 14.8. The fraction of sp³-hybridized carbons (Fsp3) is 0.467. The van der Waals surface area contributed by atoms with Gasteiger partial charge in [-0.3, -0.25) is 4.79 Å². The lowest BCUT2D eigenvalue weighted by atomic mass is 9.97. The fourth-order valence-electron chi connectivity index (χ4n) is 2.88. The van der Waals surface area contributed by atoms with E-state index in [1.807, 2.05) is 22.9 Å². The van der Waals surface area contributed by atoms with Crippen LogP contribution in [0.1, 0.15) is 19.3 Å². The van der Waals surface area contributed by atoms with Crippen molar-refractivity contribution >= 4 is 28.3 Å². The number of carbonyl (C=O) groups excluding carboxylic acids is 1. The molecule has 3 rings (SSSR count). The number of Topliss-reactive ketones (excluding diaryl/α,β-unsaturated/α-hetero) is 1. The number of aliphatic hydroxyl groups excluding tert-OH is 1. The number of aliphatic hydroxyl groups is 1. The SMILES string of the molecule is O=C(C[C@H]1NCCC[C@@H]1O)Cn1ccc2ccnc(Cl)c21. The van der Waals surface area contributed by atoms with Crippen molar-refractivity contribution < 1.29 is 9.90 Å². The quantitative estimate of drug-likeness (QED) is 0.845. The van der Waals surface area contributed by atoms with E-state index in [-0.39, 0.29) is 18.4 Å². The highest BCUT2D eigenvalue weighted by Gasteiger charge is 2.25. The van der Waals surface area contributed by atoms with Crippen LogP contribution in [0.5, 0.6) is 0 Å². The number of carbonyl (C=O) groups is 1. The fourth-order valence-corrected chi connectivity index (χ4v) is 3.16. The molecule has 2 aromatic heterocycles. The molecule has 1 saturated heterocycles. The number of nitrogens with zero attached hydrogens (tertiary/aromatic N) is 2. The van der Waals surface area contributed by atoms with Crippen LogP contribution >= 0.6 is 11.6 Å². The van der Waals surface area contributed by atoms with Gasteiger partial charge in [0.15, 0.2) is 10.9 Å². The summed E-state index contributed by atoms with van der Waals surface area (Å²) in [5.41, 5.74) is 0.782. The standard InChI is InChI=1S/C15H18ClN3O2/c16-15-14-10(3-6-18-15)4-7-19(14)9-11(20)8-12-13(21)2-1-5-17-12/h3-4,6-7,12-13,17,21H,1-2,5,8-9H2/t12-,13+/m1/s1. The summed E-state index contributed by atoms with van der Waals surface area (Å²) in [5, 5.41) is 14.5. The van der Waals surface area contributed by atoms with Crippen LogP contribution in [0.4, 0.5) is 0 Å². The molecular weight excluding hydrogens is 290 g/mol. The van der Waals surface area contributed by atoms with Gasteiger partial charge >= 0.3 is 0 Å². The Morgan fingerprint density at radius 2 is 2.38 bits per heavy atom. The molecule has 112 valence electrons. The van der Waals surface area contributed by atoms with E-state index in [1.54, 1.807) is 6.20 Å². The second-order valence-electron chi connectivity index (χ2n) is 5.50. The second-order valence-corrected chi connectivity index (χ2v) is 5.85. The van der Waals surface area contributed by atoms with Crippen LogP contribution in [0.15, 0.2) is 24.5 Å². The molecule has 0 amide bonds. The number of hydrogen-bond donors (Lipinski definition) is 2. The molecule has 0 radical (unpaired) electrons. The van der Waals surface area contributed by atoms with Crippen molar-refractivity contribution in [2.24, 2.45) is 0 Å². The molecule has 0 unspecified atom stereocenters. The maximum atomic E-state index is 12.2. The van der Waals surface area contributed by atoms with Crippen LogP contribution in [0.2, 0.25) is 5.15 Å². The van der Waals surface area contributed by atoms with E-state index in [1.165, 1.54) is 0 Å². The number of fused-ring (bicyclic) bond motifs is 1. The molecule has 1 aliphatic rings. The van der Waals surface area contributed by atoms with Gasteiger partial charge in [-0.1, -0.05) is 11.6 Å². The van der Waals surface area contributed by atoms with Crippen molar-refractivity contribution in [2.45, 2.75) is 38.0 Å². The molecule has 2 N–H and O–H groups in total. The van der Waals surface area contributed by atoms with Crippen LogP contribution < -0.4 is 5.32 Å². The van der Waals surface area contributed by atoms with Gasteiger partial charge in [-0.25, -0.2) is 4.98 Å². The average molecular weight is 308 g/mol. The molecule has 1 fully saturated rings. The Bertz CT molecular complexity index is 655. The summed E-state index contributed by atoms with van der Waals surface area (Å²) in [5.74, 6) is 0.0749. The molecule has 0 aromatic carbocycles. The topological polar surface area (TPSA) is 67.2 Å². The Kier molecular flexibility index (Phi) is 4.24. The lowest BCUT2D eigenvalue weighted by molar-refractivity contribution is -0.121. The van der Waals surface area contributed by atoms with E-state index >= 15 is 0 Å². The van der Waals surface area contributed by atoms with Crippen LogP contribution in [0, 0.1) is 0 Å². The number of halogens is 1. The van der Waals surface area contributed by atoms with E-state index < -0.39 is 6.10 Å². The zero-order valence-electron chi connectivity index (χ0n) is 11.6. The van der Waals surface area contributed by atoms with Crippen LogP contribution in [-0.2, 0) is 11.3 Å². The lowest BCUT2D eigenvalue weighted by Crippen LogP contribution is -2.46. The molecule has 2 aromatic rings. The average Bonchev–Trinajstić information content (AvgIpc) is 2.86. The van der Waals surface area contributed by atoms with Gasteiger partial charge in [-0.2, -0.15) is 0 Å². The summed E-state index contributed by atoms with van der Waals surface area (Å²) in [6, 6.07) is 3.65. The minimum Gasteiger partial charge on any atom is -0.391 e. The van der Waals surface area contributed by atoms with E-state index in [0.29, 0.717) is 11.6 Å². The summed E-state index contributed by atoms with van der Waals surface area (Å²) in [7, 11) is 0. The molecule has 0 bridgehead atoms. The number of rotatable bonds is 4. The summed E-state index contributed by atoms with van der Waals surface area (Å²) in [6.45, 7) is 1.11. The first-order valence-electron chi connectivity index (χ1n) is 7.17. The van der Waals surface area contributed by atoms with E-state index in [4.69, 9.17) is 11.6 Å². The molecule has 5 nitrogen and oxygen atoms in total. The molecule has 0 spiro atoms. The summed E-state index contributed by atoms with van der Waals surface area (Å²) < 4.78 is 1.82. The van der Waals surface area contributed by atoms with Gasteiger partial charge in [0, 0.05) is 30.2 Å². The van der Waals surface area contributed by atoms with Crippen molar-refractivity contribution in [1.82, 2.24) is 14.9 Å². The van der Waals surface area contributed by atoms with Crippen LogP contribution in [-0.4, -0.2) is 39.1 Å². The Morgan fingerprint density at radius 1 is 1.52 bits per heavy atom. The molecule has 2 atom stereocenters. The van der Waals surface area contributed by atoms with Crippen LogP contribution in [0.25, 0.3) is 10.9 Å². The molecule has 0 saturated carbocycles. The number of piperidine rings is 1. The van der Waals surface area contributed by atoms with Gasteiger partial charge in [0.1, 0.15) is 0 Å². The third kappa shape index (κ3) is 3.10. The third-order valence-electron chi connectivity index (χ3n) is 3.97. The van der Waals surface area contributed by atoms with Crippen LogP contribution in [0.3, 0.4) is 0 Å². The monoisotopic (exact) mass is 307 g/mol. The molecule has 21 heavy (non-hydrogen) atoms. The first-order chi connectivity index (χ1) is 10.1. The van der Waals surface area contributed by atoms with Gasteiger partial charge in [0.05, 0.1) is 18.2 Å². The smallest absolute Gasteiger partial charge is 0.154 e. The summed E-state index contributed by atoms with van der Waals surface area (Å²) in [6.07, 6.45) is 5.11. The third-order valence-corrected chi connectivity index (χ3v) is 4.25. The normalized spacial score (nSPS) is 22.6. The zero-order valence-corrected chi connectivity index (χ0v) is 12.4. The molecular formula is C15H18ClN3O2. The Labute approximate surface area is 127 Å². The van der Waals surface area contributed by atoms with E-state index in [2.05, 4.69) is 10.3 Å². The van der Waals surface area contributed by atoms with Gasteiger partial charge in [0.25, 0.3) is 0 Å². The Hall–Kier alpha value is -1.43. The molecule has 0 aliphatic carbocycles. The van der Waals surface area contributed by atoms with Gasteiger partial charge in [-0.05, 0) is 31.5 Å². The lowest BCUT2D eigenvalue weighted by Gasteiger charge is -2.28. The highest BCUT2D eigenvalue weighted by molar-refractivity contribution is 6.33. The van der Waals surface area contributed by atoms with Crippen molar-refractivity contribution in [3.8, 4) is 0 Å². The van der Waals surface area contributed by atoms with E-state index in [9.17, 15) is 9.90 Å². The Balaban J connectivity index is 1.71. The predicted octanol–water partition coefficient (Wildman–Crippen LogP) is 1.76. The number of ketones is 1. The maximum absolute atomic E-state index is 12.2. The number of pyridine rings is 1. The Morgan fingerprint density at radius 3 is 3.19 bits per heavy atom. The highest BCUT2D eigenvalue weighted by atomic mass is 35.5. The number of hydrogen-bond acceptors (Lipinski definition) is 4. The largest absolute Gasteiger partial charge is 0.391 e. The highest BCUT2D eigenvalue weighted by Crippen LogP contribution is 2.22. The van der Waals surface area contributed by atoms with Crippen molar-refractivity contribution in [2.75, 3.05) is 6.54 Å². The molecule has 6 heteroatoms. The van der Waals surface area contributed by atoms with Crippen molar-refractivity contribution in [3.63, 3.8) is 0 Å². The number of aromatic nitrogens is 2. The molecule has 3 heterocycles. The predicted molar refractivity (Wildman–Crippen MR) is 81.4 cm³/mol. The van der Waals surface area contributed by atoms with Gasteiger partial charge in [0.2, 0.25) is 0 Å². The molecule has 1 aliphatic heterocycles. The summed E-state index contributed by atoms with van der Waals surface area (Å²) in [4.78, 5) is 16.3. The maximum Gasteiger partial charge on any atom is 0.154 e. The first-order valence-corrected chi connectivity index (χ1v) is 7.55. The first kappa shape index (κ1) is 14.5. The summed E-state index contributed by atoms with van der Waals surface area (Å²) >= 11 is 6.11. The number of nitrogens with one attached hydrogen (secondary N) is 1. The second kappa shape index (κ2) is 6.13. The van der Waals surface area contributed by atoms with E-state index in [0.717, 1.165) is 30.3 Å². The minimum atomic E-state index is -0.436. The van der Waals surface area contributed by atoms with Gasteiger partial charge < -0.3 is 15.0 Å². The van der Waals surface area contributed by atoms with Gasteiger partial charge in [-0.15, -0.1) is 0 Å². The van der Waals surface area contributed by atoms with Crippen molar-refractivity contribution in [3.05, 3.63) is 29.7 Å². The van der Waals surface area contributed by atoms with Crippen molar-refractivity contribution in [1.29, 1.82) is 0 Å².